The highest BCUT2D eigenvalue weighted by molar-refractivity contribution is 7.98. The molecule has 0 atom stereocenters. The van der Waals surface area contributed by atoms with Gasteiger partial charge in [-0.25, -0.2) is 8.42 Å². The Kier molecular flexibility index (Phi) is 7.80. The molecule has 3 rings (SSSR count). The second-order valence-electron chi connectivity index (χ2n) is 7.15. The largest absolute Gasteiger partial charge is 0.494 e. The van der Waals surface area contributed by atoms with Gasteiger partial charge in [-0.05, 0) is 68.0 Å². The summed E-state index contributed by atoms with van der Waals surface area (Å²) in [5, 5.41) is 2.97. The summed E-state index contributed by atoms with van der Waals surface area (Å²) in [6.07, 6.45) is 3.00. The van der Waals surface area contributed by atoms with Crippen molar-refractivity contribution in [1.82, 2.24) is 9.62 Å². The Labute approximate surface area is 183 Å². The first-order valence-electron chi connectivity index (χ1n) is 10.1. The maximum absolute atomic E-state index is 12.9. The zero-order valence-corrected chi connectivity index (χ0v) is 19.0. The summed E-state index contributed by atoms with van der Waals surface area (Å²) in [6.45, 7) is 3.71. The smallest absolute Gasteiger partial charge is 0.243 e. The van der Waals surface area contributed by atoms with Crippen LogP contribution >= 0.6 is 11.8 Å². The van der Waals surface area contributed by atoms with E-state index in [9.17, 15) is 13.2 Å². The molecule has 2 aromatic carbocycles. The molecular weight excluding hydrogens is 420 g/mol. The minimum atomic E-state index is -3.52. The molecule has 1 fully saturated rings. The van der Waals surface area contributed by atoms with Crippen LogP contribution in [0.4, 0.5) is 0 Å². The average Bonchev–Trinajstić information content (AvgIpc) is 2.78. The maximum atomic E-state index is 12.9. The number of thioether (sulfide) groups is 1. The molecule has 6 nitrogen and oxygen atoms in total. The lowest BCUT2D eigenvalue weighted by molar-refractivity contribution is -0.126. The third kappa shape index (κ3) is 5.56. The standard InChI is InChI=1S/C22H28N2O4S2/c1-3-28-19-6-4-17(5-7-19)16-23-22(25)18-12-14-24(15-13-18)30(26,27)21-10-8-20(29-2)9-11-21/h4-11,18H,3,12-16H2,1-2H3,(H,23,25). The zero-order chi connectivity index (χ0) is 21.6. The molecule has 1 N–H and O–H groups in total. The summed E-state index contributed by atoms with van der Waals surface area (Å²) in [6, 6.07) is 14.6. The molecule has 0 spiro atoms. The van der Waals surface area contributed by atoms with Crippen molar-refractivity contribution in [2.45, 2.75) is 36.1 Å². The Morgan fingerprint density at radius 1 is 1.10 bits per heavy atom. The Morgan fingerprint density at radius 2 is 1.73 bits per heavy atom. The average molecular weight is 449 g/mol. The van der Waals surface area contributed by atoms with E-state index in [2.05, 4.69) is 5.32 Å². The van der Waals surface area contributed by atoms with Crippen LogP contribution in [0.15, 0.2) is 58.3 Å². The van der Waals surface area contributed by atoms with E-state index in [4.69, 9.17) is 4.74 Å². The maximum Gasteiger partial charge on any atom is 0.243 e. The number of benzene rings is 2. The molecule has 0 bridgehead atoms. The Balaban J connectivity index is 1.51. The summed E-state index contributed by atoms with van der Waals surface area (Å²) in [7, 11) is -3.52. The minimum absolute atomic E-state index is 0.0229. The van der Waals surface area contributed by atoms with Gasteiger partial charge in [0.2, 0.25) is 15.9 Å². The van der Waals surface area contributed by atoms with Gasteiger partial charge in [-0.15, -0.1) is 11.8 Å². The highest BCUT2D eigenvalue weighted by Gasteiger charge is 2.32. The van der Waals surface area contributed by atoms with E-state index in [0.717, 1.165) is 16.2 Å². The summed E-state index contributed by atoms with van der Waals surface area (Å²) < 4.78 is 32.6. The van der Waals surface area contributed by atoms with Crippen LogP contribution in [0.1, 0.15) is 25.3 Å². The second kappa shape index (κ2) is 10.3. The van der Waals surface area contributed by atoms with Crippen molar-refractivity contribution in [3.63, 3.8) is 0 Å². The molecule has 2 aromatic rings. The fourth-order valence-electron chi connectivity index (χ4n) is 3.46. The monoisotopic (exact) mass is 448 g/mol. The van der Waals surface area contributed by atoms with Gasteiger partial charge in [0.1, 0.15) is 5.75 Å². The summed E-state index contributed by atoms with van der Waals surface area (Å²) in [5.74, 6) is 0.618. The number of sulfonamides is 1. The molecule has 1 heterocycles. The predicted molar refractivity (Wildman–Crippen MR) is 119 cm³/mol. The summed E-state index contributed by atoms with van der Waals surface area (Å²) in [4.78, 5) is 13.9. The van der Waals surface area contributed by atoms with Crippen LogP contribution < -0.4 is 10.1 Å². The normalized spacial score (nSPS) is 15.7. The van der Waals surface area contributed by atoms with E-state index >= 15 is 0 Å². The first kappa shape index (κ1) is 22.7. The number of carbonyl (C=O) groups is 1. The van der Waals surface area contributed by atoms with E-state index in [1.165, 1.54) is 4.31 Å². The number of hydrogen-bond acceptors (Lipinski definition) is 5. The van der Waals surface area contributed by atoms with Crippen molar-refractivity contribution in [3.05, 3.63) is 54.1 Å². The molecule has 0 radical (unpaired) electrons. The first-order chi connectivity index (χ1) is 14.4. The molecule has 1 amide bonds. The van der Waals surface area contributed by atoms with Crippen LogP contribution in [0.5, 0.6) is 5.75 Å². The number of carbonyl (C=O) groups excluding carboxylic acids is 1. The minimum Gasteiger partial charge on any atom is -0.494 e. The fraction of sp³-hybridized carbons (Fsp3) is 0.409. The van der Waals surface area contributed by atoms with Gasteiger partial charge >= 0.3 is 0 Å². The predicted octanol–water partition coefficient (Wildman–Crippen LogP) is 3.52. The number of amides is 1. The lowest BCUT2D eigenvalue weighted by Crippen LogP contribution is -2.42. The molecule has 1 saturated heterocycles. The second-order valence-corrected chi connectivity index (χ2v) is 9.97. The molecule has 0 aromatic heterocycles. The molecule has 8 heteroatoms. The molecule has 1 aliphatic heterocycles. The van der Waals surface area contributed by atoms with E-state index in [-0.39, 0.29) is 11.8 Å². The van der Waals surface area contributed by atoms with E-state index in [1.54, 1.807) is 23.9 Å². The molecule has 0 unspecified atom stereocenters. The van der Waals surface area contributed by atoms with Crippen LogP contribution in [0.2, 0.25) is 0 Å². The fourth-order valence-corrected chi connectivity index (χ4v) is 5.34. The number of nitrogens with zero attached hydrogens (tertiary/aromatic N) is 1. The van der Waals surface area contributed by atoms with Gasteiger partial charge in [0.05, 0.1) is 11.5 Å². The van der Waals surface area contributed by atoms with E-state index < -0.39 is 10.0 Å². The highest BCUT2D eigenvalue weighted by Crippen LogP contribution is 2.25. The number of piperidine rings is 1. The quantitative estimate of drug-likeness (QED) is 0.626. The summed E-state index contributed by atoms with van der Waals surface area (Å²) >= 11 is 1.57. The van der Waals surface area contributed by atoms with Crippen molar-refractivity contribution >= 4 is 27.7 Å². The van der Waals surface area contributed by atoms with Crippen LogP contribution in [0, 0.1) is 5.92 Å². The van der Waals surface area contributed by atoms with Gasteiger partial charge < -0.3 is 10.1 Å². The third-order valence-electron chi connectivity index (χ3n) is 5.22. The van der Waals surface area contributed by atoms with Gasteiger partial charge in [0.15, 0.2) is 0 Å². The lowest BCUT2D eigenvalue weighted by Gasteiger charge is -2.30. The SMILES string of the molecule is CCOc1ccc(CNC(=O)C2CCN(S(=O)(=O)c3ccc(SC)cc3)CC2)cc1. The molecule has 0 saturated carbocycles. The first-order valence-corrected chi connectivity index (χ1v) is 12.7. The van der Waals surface area contributed by atoms with Gasteiger partial charge in [0, 0.05) is 30.4 Å². The molecule has 1 aliphatic rings. The van der Waals surface area contributed by atoms with Gasteiger partial charge in [-0.3, -0.25) is 4.79 Å². The van der Waals surface area contributed by atoms with Gasteiger partial charge in [-0.1, -0.05) is 12.1 Å². The van der Waals surface area contributed by atoms with Crippen molar-refractivity contribution in [3.8, 4) is 5.75 Å². The van der Waals surface area contributed by atoms with Crippen LogP contribution in [-0.2, 0) is 21.4 Å². The topological polar surface area (TPSA) is 75.7 Å². The molecular formula is C22H28N2O4S2. The number of nitrogens with one attached hydrogen (secondary N) is 1. The Bertz CT molecular complexity index is 936. The Morgan fingerprint density at radius 3 is 2.30 bits per heavy atom. The third-order valence-corrected chi connectivity index (χ3v) is 7.88. The number of ether oxygens (including phenoxy) is 1. The van der Waals surface area contributed by atoms with E-state index in [1.807, 2.05) is 49.6 Å². The van der Waals surface area contributed by atoms with Crippen molar-refractivity contribution in [1.29, 1.82) is 0 Å². The molecule has 30 heavy (non-hydrogen) atoms. The molecule has 162 valence electrons. The van der Waals surface area contributed by atoms with Crippen LogP contribution in [0.25, 0.3) is 0 Å². The van der Waals surface area contributed by atoms with Crippen molar-refractivity contribution in [2.75, 3.05) is 26.0 Å². The van der Waals surface area contributed by atoms with E-state index in [0.29, 0.717) is 44.0 Å². The van der Waals surface area contributed by atoms with Gasteiger partial charge in [-0.2, -0.15) is 4.31 Å². The number of rotatable bonds is 8. The number of hydrogen-bond donors (Lipinski definition) is 1. The Hall–Kier alpha value is -2.03. The van der Waals surface area contributed by atoms with Crippen molar-refractivity contribution < 1.29 is 17.9 Å². The summed E-state index contributed by atoms with van der Waals surface area (Å²) in [5.41, 5.74) is 1.00. The zero-order valence-electron chi connectivity index (χ0n) is 17.3. The molecule has 0 aliphatic carbocycles. The van der Waals surface area contributed by atoms with Crippen LogP contribution in [-0.4, -0.2) is 44.6 Å². The van der Waals surface area contributed by atoms with Crippen molar-refractivity contribution in [2.24, 2.45) is 5.92 Å². The van der Waals surface area contributed by atoms with Crippen LogP contribution in [0.3, 0.4) is 0 Å². The highest BCUT2D eigenvalue weighted by atomic mass is 32.2. The lowest BCUT2D eigenvalue weighted by atomic mass is 9.97. The van der Waals surface area contributed by atoms with Gasteiger partial charge in [0.25, 0.3) is 0 Å².